The minimum atomic E-state index is 0.893. The second-order valence-corrected chi connectivity index (χ2v) is 6.91. The van der Waals surface area contributed by atoms with Crippen molar-refractivity contribution in [3.8, 4) is 0 Å². The summed E-state index contributed by atoms with van der Waals surface area (Å²) in [7, 11) is 0. The van der Waals surface area contributed by atoms with E-state index in [1.165, 1.54) is 23.5 Å². The van der Waals surface area contributed by atoms with E-state index in [-0.39, 0.29) is 0 Å². The Bertz CT molecular complexity index is 321. The number of benzene rings is 1. The lowest BCUT2D eigenvalue weighted by molar-refractivity contribution is 0.154. The molecule has 1 saturated carbocycles. The molecule has 94 valence electrons. The smallest absolute Gasteiger partial charge is 0.00720 e. The van der Waals surface area contributed by atoms with Crippen LogP contribution in [0.25, 0.3) is 0 Å². The lowest BCUT2D eigenvalue weighted by atomic mass is 9.70. The Morgan fingerprint density at radius 2 is 1.59 bits per heavy atom. The van der Waals surface area contributed by atoms with Crippen molar-refractivity contribution in [3.05, 3.63) is 30.3 Å². The van der Waals surface area contributed by atoms with E-state index >= 15 is 0 Å². The monoisotopic (exact) mass is 248 g/mol. The molecule has 1 aromatic carbocycles. The standard InChI is InChI=1S/C16H24S/c1-12-9-13(2)16(14(3)10-12)11-17-15-7-5-4-6-8-15/h4-8,12-14,16H,9-11H2,1-3H3. The zero-order valence-electron chi connectivity index (χ0n) is 11.2. The summed E-state index contributed by atoms with van der Waals surface area (Å²) >= 11 is 2.04. The van der Waals surface area contributed by atoms with Crippen molar-refractivity contribution in [1.29, 1.82) is 0 Å². The van der Waals surface area contributed by atoms with Crippen LogP contribution in [0.5, 0.6) is 0 Å². The lowest BCUT2D eigenvalue weighted by Gasteiger charge is -2.37. The fourth-order valence-electron chi connectivity index (χ4n) is 3.31. The molecule has 0 heterocycles. The van der Waals surface area contributed by atoms with Crippen molar-refractivity contribution in [1.82, 2.24) is 0 Å². The number of rotatable bonds is 3. The maximum atomic E-state index is 2.45. The van der Waals surface area contributed by atoms with Crippen LogP contribution in [0.15, 0.2) is 35.2 Å². The molecule has 2 unspecified atom stereocenters. The molecule has 0 N–H and O–H groups in total. The van der Waals surface area contributed by atoms with Gasteiger partial charge in [-0.25, -0.2) is 0 Å². The van der Waals surface area contributed by atoms with Gasteiger partial charge in [-0.3, -0.25) is 0 Å². The van der Waals surface area contributed by atoms with Crippen molar-refractivity contribution < 1.29 is 0 Å². The van der Waals surface area contributed by atoms with Crippen LogP contribution in [0.4, 0.5) is 0 Å². The minimum Gasteiger partial charge on any atom is -0.126 e. The fraction of sp³-hybridized carbons (Fsp3) is 0.625. The lowest BCUT2D eigenvalue weighted by Crippen LogP contribution is -2.30. The van der Waals surface area contributed by atoms with Gasteiger partial charge in [-0.05, 0) is 48.6 Å². The highest BCUT2D eigenvalue weighted by atomic mass is 32.2. The predicted molar refractivity (Wildman–Crippen MR) is 77.4 cm³/mol. The van der Waals surface area contributed by atoms with Gasteiger partial charge in [0, 0.05) is 10.6 Å². The third-order valence-corrected chi connectivity index (χ3v) is 5.35. The maximum absolute atomic E-state index is 2.45. The first-order chi connectivity index (χ1) is 8.16. The van der Waals surface area contributed by atoms with Gasteiger partial charge in [-0.2, -0.15) is 0 Å². The Balaban J connectivity index is 1.90. The van der Waals surface area contributed by atoms with Gasteiger partial charge in [0.2, 0.25) is 0 Å². The fourth-order valence-corrected chi connectivity index (χ4v) is 4.71. The van der Waals surface area contributed by atoms with E-state index in [0.717, 1.165) is 23.7 Å². The number of hydrogen-bond donors (Lipinski definition) is 0. The third-order valence-electron chi connectivity index (χ3n) is 4.20. The molecule has 2 rings (SSSR count). The zero-order valence-corrected chi connectivity index (χ0v) is 12.0. The van der Waals surface area contributed by atoms with Gasteiger partial charge in [-0.1, -0.05) is 39.0 Å². The van der Waals surface area contributed by atoms with Crippen LogP contribution in [0.3, 0.4) is 0 Å². The van der Waals surface area contributed by atoms with Crippen molar-refractivity contribution in [2.24, 2.45) is 23.7 Å². The molecule has 1 aliphatic rings. The summed E-state index contributed by atoms with van der Waals surface area (Å²) in [5.41, 5.74) is 0. The van der Waals surface area contributed by atoms with Gasteiger partial charge in [0.1, 0.15) is 0 Å². The van der Waals surface area contributed by atoms with Crippen LogP contribution in [0.2, 0.25) is 0 Å². The molecule has 0 bridgehead atoms. The summed E-state index contributed by atoms with van der Waals surface area (Å²) in [6.45, 7) is 7.30. The molecule has 0 nitrogen and oxygen atoms in total. The molecule has 0 saturated heterocycles. The summed E-state index contributed by atoms with van der Waals surface area (Å²) < 4.78 is 0. The third kappa shape index (κ3) is 3.51. The molecule has 0 spiro atoms. The first-order valence-electron chi connectivity index (χ1n) is 6.84. The molecule has 17 heavy (non-hydrogen) atoms. The van der Waals surface area contributed by atoms with Crippen molar-refractivity contribution in [2.75, 3.05) is 5.75 Å². The van der Waals surface area contributed by atoms with E-state index in [4.69, 9.17) is 0 Å². The van der Waals surface area contributed by atoms with Crippen LogP contribution >= 0.6 is 11.8 Å². The van der Waals surface area contributed by atoms with Crippen molar-refractivity contribution >= 4 is 11.8 Å². The zero-order chi connectivity index (χ0) is 12.3. The Morgan fingerprint density at radius 3 is 2.18 bits per heavy atom. The van der Waals surface area contributed by atoms with E-state index in [1.807, 2.05) is 11.8 Å². The molecule has 1 heteroatoms. The topological polar surface area (TPSA) is 0 Å². The van der Waals surface area contributed by atoms with Crippen LogP contribution in [-0.2, 0) is 0 Å². The van der Waals surface area contributed by atoms with E-state index < -0.39 is 0 Å². The van der Waals surface area contributed by atoms with Gasteiger partial charge in [0.05, 0.1) is 0 Å². The summed E-state index contributed by atoms with van der Waals surface area (Å²) in [4.78, 5) is 1.42. The van der Waals surface area contributed by atoms with Crippen LogP contribution in [0, 0.1) is 23.7 Å². The number of thioether (sulfide) groups is 1. The van der Waals surface area contributed by atoms with Crippen LogP contribution < -0.4 is 0 Å². The highest BCUT2D eigenvalue weighted by molar-refractivity contribution is 7.99. The molecule has 1 aliphatic carbocycles. The second kappa shape index (κ2) is 5.95. The number of hydrogen-bond acceptors (Lipinski definition) is 1. The summed E-state index contributed by atoms with van der Waals surface area (Å²) in [5.74, 6) is 4.91. The minimum absolute atomic E-state index is 0.893. The van der Waals surface area contributed by atoms with Crippen LogP contribution in [0.1, 0.15) is 33.6 Å². The molecule has 1 fully saturated rings. The normalized spacial score (nSPS) is 33.6. The van der Waals surface area contributed by atoms with Gasteiger partial charge in [0.25, 0.3) is 0 Å². The summed E-state index contributed by atoms with van der Waals surface area (Å²) in [6.07, 6.45) is 2.84. The van der Waals surface area contributed by atoms with Gasteiger partial charge >= 0.3 is 0 Å². The predicted octanol–water partition coefficient (Wildman–Crippen LogP) is 5.10. The molecule has 0 radical (unpaired) electrons. The summed E-state index contributed by atoms with van der Waals surface area (Å²) in [5, 5.41) is 0. The first-order valence-corrected chi connectivity index (χ1v) is 7.83. The van der Waals surface area contributed by atoms with Gasteiger partial charge < -0.3 is 0 Å². The molecule has 2 atom stereocenters. The summed E-state index contributed by atoms with van der Waals surface area (Å²) in [6, 6.07) is 10.8. The first kappa shape index (κ1) is 13.0. The van der Waals surface area contributed by atoms with Gasteiger partial charge in [-0.15, -0.1) is 11.8 Å². The average Bonchev–Trinajstić information content (AvgIpc) is 2.29. The Kier molecular flexibility index (Phi) is 4.55. The van der Waals surface area contributed by atoms with Crippen molar-refractivity contribution in [3.63, 3.8) is 0 Å². The molecule has 1 aromatic rings. The molecular weight excluding hydrogens is 224 g/mol. The van der Waals surface area contributed by atoms with E-state index in [9.17, 15) is 0 Å². The Morgan fingerprint density at radius 1 is 1.00 bits per heavy atom. The van der Waals surface area contributed by atoms with Crippen molar-refractivity contribution in [2.45, 2.75) is 38.5 Å². The average molecular weight is 248 g/mol. The molecule has 0 aromatic heterocycles. The SMILES string of the molecule is CC1CC(C)C(CSc2ccccc2)C(C)C1. The maximum Gasteiger partial charge on any atom is 0.00720 e. The Hall–Kier alpha value is -0.430. The molecular formula is C16H24S. The Labute approximate surface area is 110 Å². The van der Waals surface area contributed by atoms with Gasteiger partial charge in [0.15, 0.2) is 0 Å². The molecule has 0 amide bonds. The molecule has 0 aliphatic heterocycles. The van der Waals surface area contributed by atoms with E-state index in [1.54, 1.807) is 0 Å². The highest BCUT2D eigenvalue weighted by Gasteiger charge is 2.30. The van der Waals surface area contributed by atoms with E-state index in [0.29, 0.717) is 0 Å². The second-order valence-electron chi connectivity index (χ2n) is 5.82. The van der Waals surface area contributed by atoms with E-state index in [2.05, 4.69) is 51.1 Å². The largest absolute Gasteiger partial charge is 0.126 e. The van der Waals surface area contributed by atoms with Crippen LogP contribution in [-0.4, -0.2) is 5.75 Å². The highest BCUT2D eigenvalue weighted by Crippen LogP contribution is 2.40. The quantitative estimate of drug-likeness (QED) is 0.671.